The number of nitro benzene ring substituents is 1. The van der Waals surface area contributed by atoms with E-state index in [0.29, 0.717) is 18.7 Å². The Morgan fingerprint density at radius 1 is 1.47 bits per heavy atom. The van der Waals surface area contributed by atoms with Crippen LogP contribution in [-0.2, 0) is 9.47 Å². The van der Waals surface area contributed by atoms with Gasteiger partial charge in [-0.3, -0.25) is 10.1 Å². The number of hydrogen-bond donors (Lipinski definition) is 1. The van der Waals surface area contributed by atoms with Crippen LogP contribution in [0.25, 0.3) is 0 Å². The van der Waals surface area contributed by atoms with Crippen molar-refractivity contribution < 1.29 is 18.8 Å². The molecule has 0 aliphatic rings. The van der Waals surface area contributed by atoms with Gasteiger partial charge in [-0.1, -0.05) is 0 Å². The Bertz CT molecular complexity index is 454. The van der Waals surface area contributed by atoms with Gasteiger partial charge in [0.25, 0.3) is 5.69 Å². The van der Waals surface area contributed by atoms with Crippen LogP contribution in [0, 0.1) is 22.9 Å². The van der Waals surface area contributed by atoms with Crippen LogP contribution in [0.4, 0.5) is 15.8 Å². The second kappa shape index (κ2) is 7.01. The summed E-state index contributed by atoms with van der Waals surface area (Å²) in [5.74, 6) is -0.600. The standard InChI is InChI=1S/C12H17FN2O4/c1-8-4-11(12(15(16)17)5-10(8)13)14-6-9(19-3)7-18-2/h4-5,9,14H,6-7H2,1-3H3. The molecule has 0 aliphatic carbocycles. The Morgan fingerprint density at radius 3 is 2.68 bits per heavy atom. The maximum absolute atomic E-state index is 13.3. The number of rotatable bonds is 7. The zero-order chi connectivity index (χ0) is 14.4. The second-order valence-electron chi connectivity index (χ2n) is 4.07. The fourth-order valence-corrected chi connectivity index (χ4v) is 1.58. The third kappa shape index (κ3) is 4.15. The summed E-state index contributed by atoms with van der Waals surface area (Å²) in [5.41, 5.74) is 0.311. The van der Waals surface area contributed by atoms with E-state index in [1.807, 2.05) is 0 Å². The summed E-state index contributed by atoms with van der Waals surface area (Å²) in [4.78, 5) is 10.2. The third-order valence-electron chi connectivity index (χ3n) is 2.68. The van der Waals surface area contributed by atoms with E-state index in [-0.39, 0.29) is 17.5 Å². The summed E-state index contributed by atoms with van der Waals surface area (Å²) >= 11 is 0. The highest BCUT2D eigenvalue weighted by atomic mass is 19.1. The molecule has 0 aromatic heterocycles. The van der Waals surface area contributed by atoms with E-state index < -0.39 is 10.7 Å². The number of nitrogens with one attached hydrogen (secondary N) is 1. The van der Waals surface area contributed by atoms with Crippen molar-refractivity contribution in [3.05, 3.63) is 33.6 Å². The SMILES string of the molecule is COCC(CNc1cc(C)c(F)cc1[N+](=O)[O-])OC. The summed E-state index contributed by atoms with van der Waals surface area (Å²) < 4.78 is 23.4. The Morgan fingerprint density at radius 2 is 2.16 bits per heavy atom. The minimum atomic E-state index is -0.622. The highest BCUT2D eigenvalue weighted by Crippen LogP contribution is 2.27. The van der Waals surface area contributed by atoms with Crippen LogP contribution in [0.1, 0.15) is 5.56 Å². The van der Waals surface area contributed by atoms with E-state index in [9.17, 15) is 14.5 Å². The van der Waals surface area contributed by atoms with Gasteiger partial charge in [-0.05, 0) is 18.6 Å². The minimum Gasteiger partial charge on any atom is -0.382 e. The highest BCUT2D eigenvalue weighted by Gasteiger charge is 2.18. The molecule has 0 amide bonds. The van der Waals surface area contributed by atoms with Crippen molar-refractivity contribution in [1.29, 1.82) is 0 Å². The fourth-order valence-electron chi connectivity index (χ4n) is 1.58. The molecule has 6 nitrogen and oxygen atoms in total. The molecule has 1 atom stereocenters. The predicted octanol–water partition coefficient (Wildman–Crippen LogP) is 2.12. The second-order valence-corrected chi connectivity index (χ2v) is 4.07. The van der Waals surface area contributed by atoms with Crippen molar-refractivity contribution in [3.8, 4) is 0 Å². The molecule has 19 heavy (non-hydrogen) atoms. The van der Waals surface area contributed by atoms with Crippen molar-refractivity contribution in [2.45, 2.75) is 13.0 Å². The predicted molar refractivity (Wildman–Crippen MR) is 69.0 cm³/mol. The average molecular weight is 272 g/mol. The maximum atomic E-state index is 13.3. The van der Waals surface area contributed by atoms with Gasteiger partial charge in [-0.25, -0.2) is 4.39 Å². The van der Waals surface area contributed by atoms with Gasteiger partial charge >= 0.3 is 0 Å². The zero-order valence-electron chi connectivity index (χ0n) is 11.1. The van der Waals surface area contributed by atoms with E-state index in [2.05, 4.69) is 5.32 Å². The average Bonchev–Trinajstić information content (AvgIpc) is 2.37. The van der Waals surface area contributed by atoms with Gasteiger partial charge in [0, 0.05) is 20.8 Å². The van der Waals surface area contributed by atoms with Gasteiger partial charge in [0.2, 0.25) is 0 Å². The van der Waals surface area contributed by atoms with Crippen molar-refractivity contribution >= 4 is 11.4 Å². The number of halogens is 1. The van der Waals surface area contributed by atoms with Gasteiger partial charge in [0.1, 0.15) is 11.5 Å². The molecular formula is C12H17FN2O4. The lowest BCUT2D eigenvalue weighted by Crippen LogP contribution is -2.26. The van der Waals surface area contributed by atoms with Crippen LogP contribution in [0.2, 0.25) is 0 Å². The molecule has 0 saturated carbocycles. The lowest BCUT2D eigenvalue weighted by Gasteiger charge is -2.16. The van der Waals surface area contributed by atoms with Crippen LogP contribution in [0.3, 0.4) is 0 Å². The number of aryl methyl sites for hydroxylation is 1. The molecule has 1 unspecified atom stereocenters. The highest BCUT2D eigenvalue weighted by molar-refractivity contribution is 5.63. The first kappa shape index (κ1) is 15.3. The van der Waals surface area contributed by atoms with Gasteiger partial charge in [-0.2, -0.15) is 0 Å². The molecular weight excluding hydrogens is 255 g/mol. The van der Waals surface area contributed by atoms with E-state index in [4.69, 9.17) is 9.47 Å². The molecule has 0 radical (unpaired) electrons. The van der Waals surface area contributed by atoms with Crippen LogP contribution in [0.5, 0.6) is 0 Å². The Balaban J connectivity index is 2.87. The quantitative estimate of drug-likeness (QED) is 0.608. The molecule has 1 rings (SSSR count). The Kier molecular flexibility index (Phi) is 5.65. The van der Waals surface area contributed by atoms with Gasteiger partial charge in [0.15, 0.2) is 0 Å². The lowest BCUT2D eigenvalue weighted by molar-refractivity contribution is -0.384. The molecule has 0 saturated heterocycles. The molecule has 7 heteroatoms. The third-order valence-corrected chi connectivity index (χ3v) is 2.68. The summed E-state index contributed by atoms with van der Waals surface area (Å²) in [6.07, 6.45) is -0.241. The molecule has 1 N–H and O–H groups in total. The number of anilines is 1. The summed E-state index contributed by atoms with van der Waals surface area (Å²) in [6, 6.07) is 2.32. The first-order valence-electron chi connectivity index (χ1n) is 5.69. The Hall–Kier alpha value is -1.73. The number of methoxy groups -OCH3 is 2. The number of nitro groups is 1. The van der Waals surface area contributed by atoms with E-state index in [1.54, 1.807) is 6.92 Å². The van der Waals surface area contributed by atoms with Gasteiger partial charge in [-0.15, -0.1) is 0 Å². The van der Waals surface area contributed by atoms with Crippen molar-refractivity contribution in [3.63, 3.8) is 0 Å². The smallest absolute Gasteiger partial charge is 0.295 e. The molecule has 0 aliphatic heterocycles. The lowest BCUT2D eigenvalue weighted by atomic mass is 10.1. The summed E-state index contributed by atoms with van der Waals surface area (Å²) in [7, 11) is 3.06. The largest absolute Gasteiger partial charge is 0.382 e. The molecule has 0 heterocycles. The van der Waals surface area contributed by atoms with Crippen molar-refractivity contribution in [2.24, 2.45) is 0 Å². The van der Waals surface area contributed by atoms with Crippen LogP contribution < -0.4 is 5.32 Å². The topological polar surface area (TPSA) is 73.6 Å². The number of nitrogens with zero attached hydrogens (tertiary/aromatic N) is 1. The van der Waals surface area contributed by atoms with Crippen LogP contribution in [-0.4, -0.2) is 38.4 Å². The van der Waals surface area contributed by atoms with Crippen LogP contribution >= 0.6 is 0 Å². The molecule has 0 bridgehead atoms. The van der Waals surface area contributed by atoms with E-state index in [1.165, 1.54) is 20.3 Å². The zero-order valence-corrected chi connectivity index (χ0v) is 11.1. The summed E-state index contributed by atoms with van der Waals surface area (Å²) in [5, 5.41) is 13.8. The minimum absolute atomic E-state index is 0.241. The molecule has 0 fully saturated rings. The number of hydrogen-bond acceptors (Lipinski definition) is 5. The molecule has 0 spiro atoms. The fraction of sp³-hybridized carbons (Fsp3) is 0.500. The Labute approximate surface area is 110 Å². The number of ether oxygens (including phenoxy) is 2. The van der Waals surface area contributed by atoms with E-state index in [0.717, 1.165) is 6.07 Å². The van der Waals surface area contributed by atoms with Gasteiger partial charge in [0.05, 0.1) is 23.7 Å². The monoisotopic (exact) mass is 272 g/mol. The molecule has 1 aromatic rings. The maximum Gasteiger partial charge on any atom is 0.295 e. The first-order valence-corrected chi connectivity index (χ1v) is 5.69. The van der Waals surface area contributed by atoms with E-state index >= 15 is 0 Å². The normalized spacial score (nSPS) is 12.2. The van der Waals surface area contributed by atoms with Crippen molar-refractivity contribution in [2.75, 3.05) is 32.7 Å². The molecule has 1 aromatic carbocycles. The van der Waals surface area contributed by atoms with Crippen LogP contribution in [0.15, 0.2) is 12.1 Å². The first-order chi connectivity index (χ1) is 8.99. The van der Waals surface area contributed by atoms with Crippen molar-refractivity contribution in [1.82, 2.24) is 0 Å². The molecule has 106 valence electrons. The van der Waals surface area contributed by atoms with Gasteiger partial charge < -0.3 is 14.8 Å². The summed E-state index contributed by atoms with van der Waals surface area (Å²) in [6.45, 7) is 2.24. The number of benzene rings is 1.